The summed E-state index contributed by atoms with van der Waals surface area (Å²) in [5.74, 6) is 0.324. The summed E-state index contributed by atoms with van der Waals surface area (Å²) in [4.78, 5) is 15.5. The molecule has 0 amide bonds. The molecule has 0 unspecified atom stereocenters. The van der Waals surface area contributed by atoms with Gasteiger partial charge < -0.3 is 10.2 Å². The van der Waals surface area contributed by atoms with Gasteiger partial charge in [-0.3, -0.25) is 10.1 Å². The van der Waals surface area contributed by atoms with E-state index in [0.717, 1.165) is 11.8 Å². The van der Waals surface area contributed by atoms with E-state index < -0.39 is 4.92 Å². The number of nitrogens with one attached hydrogen (secondary N) is 1. The van der Waals surface area contributed by atoms with Crippen LogP contribution in [0.2, 0.25) is 5.15 Å². The second kappa shape index (κ2) is 7.03. The molecule has 0 fully saturated rings. The van der Waals surface area contributed by atoms with Crippen molar-refractivity contribution in [2.24, 2.45) is 0 Å². The van der Waals surface area contributed by atoms with E-state index in [9.17, 15) is 10.1 Å². The third-order valence-corrected chi connectivity index (χ3v) is 2.64. The summed E-state index contributed by atoms with van der Waals surface area (Å²) in [5.41, 5.74) is 0.851. The maximum absolute atomic E-state index is 10.5. The number of rotatable bonds is 6. The lowest BCUT2D eigenvalue weighted by Gasteiger charge is -2.22. The Morgan fingerprint density at radius 2 is 2.39 bits per heavy atom. The van der Waals surface area contributed by atoms with Gasteiger partial charge in [-0.25, -0.2) is 4.98 Å². The van der Waals surface area contributed by atoms with Crippen LogP contribution in [0.25, 0.3) is 0 Å². The highest BCUT2D eigenvalue weighted by atomic mass is 35.5. The molecule has 0 saturated heterocycles. The van der Waals surface area contributed by atoms with Crippen LogP contribution < -0.4 is 5.32 Å². The van der Waals surface area contributed by atoms with E-state index in [1.807, 2.05) is 0 Å². The molecular formula is C10H12Cl2N4O2. The summed E-state index contributed by atoms with van der Waals surface area (Å²) in [5, 5.41) is 13.6. The molecule has 98 valence electrons. The first-order valence-corrected chi connectivity index (χ1v) is 5.92. The maximum atomic E-state index is 10.5. The maximum Gasteiger partial charge on any atom is 0.274 e. The van der Waals surface area contributed by atoms with Crippen molar-refractivity contribution in [2.75, 3.05) is 13.1 Å². The normalized spacial score (nSPS) is 11.2. The molecule has 0 aliphatic heterocycles. The standard InChI is InChI=1S/C10H12Cl2N4O2/c1-13-10(6-16(17)18)15(7-11)5-8-2-3-9(12)14-4-8/h2-4,6,13H,5,7H2,1H3. The van der Waals surface area contributed by atoms with E-state index >= 15 is 0 Å². The quantitative estimate of drug-likeness (QED) is 0.285. The first-order valence-electron chi connectivity index (χ1n) is 5.01. The molecule has 1 rings (SSSR count). The SMILES string of the molecule is CNC(=C[N+](=O)[O-])N(CCl)Cc1ccc(Cl)nc1. The van der Waals surface area contributed by atoms with Crippen LogP contribution in [-0.4, -0.2) is 27.9 Å². The fraction of sp³-hybridized carbons (Fsp3) is 0.300. The van der Waals surface area contributed by atoms with Crippen molar-refractivity contribution in [1.82, 2.24) is 15.2 Å². The van der Waals surface area contributed by atoms with Crippen LogP contribution in [0.4, 0.5) is 0 Å². The lowest BCUT2D eigenvalue weighted by molar-refractivity contribution is -0.404. The minimum atomic E-state index is -0.536. The Morgan fingerprint density at radius 3 is 2.83 bits per heavy atom. The van der Waals surface area contributed by atoms with Gasteiger partial charge in [0.15, 0.2) is 5.82 Å². The van der Waals surface area contributed by atoms with E-state index in [-0.39, 0.29) is 6.00 Å². The molecule has 0 atom stereocenters. The number of alkyl halides is 1. The average Bonchev–Trinajstić information content (AvgIpc) is 2.35. The monoisotopic (exact) mass is 290 g/mol. The summed E-state index contributed by atoms with van der Waals surface area (Å²) >= 11 is 11.5. The predicted octanol–water partition coefficient (Wildman–Crippen LogP) is 2.03. The van der Waals surface area contributed by atoms with Crippen LogP contribution in [0, 0.1) is 10.1 Å². The van der Waals surface area contributed by atoms with E-state index in [0.29, 0.717) is 17.5 Å². The molecule has 1 aromatic heterocycles. The van der Waals surface area contributed by atoms with Gasteiger partial charge in [0.1, 0.15) is 5.15 Å². The average molecular weight is 291 g/mol. The highest BCUT2D eigenvalue weighted by Gasteiger charge is 2.11. The van der Waals surface area contributed by atoms with Crippen molar-refractivity contribution >= 4 is 23.2 Å². The van der Waals surface area contributed by atoms with Gasteiger partial charge in [-0.05, 0) is 11.6 Å². The van der Waals surface area contributed by atoms with Crippen molar-refractivity contribution in [3.05, 3.63) is 51.2 Å². The molecule has 0 spiro atoms. The van der Waals surface area contributed by atoms with Gasteiger partial charge in [0.2, 0.25) is 0 Å². The summed E-state index contributed by atoms with van der Waals surface area (Å²) in [6.45, 7) is 0.397. The van der Waals surface area contributed by atoms with Crippen molar-refractivity contribution in [1.29, 1.82) is 0 Å². The molecule has 0 radical (unpaired) electrons. The molecule has 6 nitrogen and oxygen atoms in total. The van der Waals surface area contributed by atoms with E-state index in [4.69, 9.17) is 23.2 Å². The molecule has 0 aliphatic carbocycles. The van der Waals surface area contributed by atoms with Crippen LogP contribution in [0.15, 0.2) is 30.4 Å². The van der Waals surface area contributed by atoms with Crippen LogP contribution in [0.3, 0.4) is 0 Å². The largest absolute Gasteiger partial charge is 0.370 e. The van der Waals surface area contributed by atoms with Crippen molar-refractivity contribution in [2.45, 2.75) is 6.54 Å². The summed E-state index contributed by atoms with van der Waals surface area (Å²) in [6, 6.07) is 3.55. The highest BCUT2D eigenvalue weighted by Crippen LogP contribution is 2.11. The molecule has 0 aromatic carbocycles. The summed E-state index contributed by atoms with van der Waals surface area (Å²) < 4.78 is 0. The minimum Gasteiger partial charge on any atom is -0.370 e. The van der Waals surface area contributed by atoms with Gasteiger partial charge in [-0.1, -0.05) is 17.7 Å². The zero-order valence-electron chi connectivity index (χ0n) is 9.64. The molecule has 0 saturated carbocycles. The molecule has 0 aliphatic rings. The Bertz CT molecular complexity index is 436. The minimum absolute atomic E-state index is 0.114. The van der Waals surface area contributed by atoms with Crippen LogP contribution in [0.5, 0.6) is 0 Å². The molecule has 1 aromatic rings. The Labute approximate surface area is 114 Å². The van der Waals surface area contributed by atoms with E-state index in [1.54, 1.807) is 30.3 Å². The fourth-order valence-electron chi connectivity index (χ4n) is 1.32. The topological polar surface area (TPSA) is 71.3 Å². The van der Waals surface area contributed by atoms with Gasteiger partial charge in [0.25, 0.3) is 6.20 Å². The Balaban J connectivity index is 2.83. The second-order valence-corrected chi connectivity index (χ2v) is 3.98. The van der Waals surface area contributed by atoms with E-state index in [2.05, 4.69) is 10.3 Å². The zero-order chi connectivity index (χ0) is 13.5. The molecule has 18 heavy (non-hydrogen) atoms. The fourth-order valence-corrected chi connectivity index (χ4v) is 1.64. The lowest BCUT2D eigenvalue weighted by Crippen LogP contribution is -2.29. The number of pyridine rings is 1. The van der Waals surface area contributed by atoms with Gasteiger partial charge in [-0.2, -0.15) is 0 Å². The Hall–Kier alpha value is -1.53. The van der Waals surface area contributed by atoms with Crippen LogP contribution in [0.1, 0.15) is 5.56 Å². The Morgan fingerprint density at radius 1 is 1.67 bits per heavy atom. The van der Waals surface area contributed by atoms with E-state index in [1.165, 1.54) is 0 Å². The van der Waals surface area contributed by atoms with Crippen molar-refractivity contribution in [3.63, 3.8) is 0 Å². The number of aromatic nitrogens is 1. The number of hydrogen-bond donors (Lipinski definition) is 1. The number of nitro groups is 1. The molecule has 1 N–H and O–H groups in total. The second-order valence-electron chi connectivity index (χ2n) is 3.36. The highest BCUT2D eigenvalue weighted by molar-refractivity contribution is 6.29. The predicted molar refractivity (Wildman–Crippen MR) is 69.6 cm³/mol. The van der Waals surface area contributed by atoms with Crippen LogP contribution >= 0.6 is 23.2 Å². The van der Waals surface area contributed by atoms with Gasteiger partial charge in [0, 0.05) is 19.8 Å². The first-order chi connectivity index (χ1) is 8.56. The zero-order valence-corrected chi connectivity index (χ0v) is 11.1. The van der Waals surface area contributed by atoms with Gasteiger partial charge in [-0.15, -0.1) is 11.6 Å². The summed E-state index contributed by atoms with van der Waals surface area (Å²) in [7, 11) is 1.59. The first kappa shape index (κ1) is 14.5. The number of halogens is 2. The number of hydrogen-bond acceptors (Lipinski definition) is 5. The molecule has 8 heteroatoms. The van der Waals surface area contributed by atoms with Gasteiger partial charge in [0.05, 0.1) is 10.9 Å². The Kier molecular flexibility index (Phi) is 5.67. The lowest BCUT2D eigenvalue weighted by atomic mass is 10.3. The summed E-state index contributed by atoms with van der Waals surface area (Å²) in [6.07, 6.45) is 2.47. The van der Waals surface area contributed by atoms with Crippen molar-refractivity contribution < 1.29 is 4.92 Å². The third kappa shape index (κ3) is 4.38. The smallest absolute Gasteiger partial charge is 0.274 e. The van der Waals surface area contributed by atoms with Crippen molar-refractivity contribution in [3.8, 4) is 0 Å². The number of nitrogens with zero attached hydrogens (tertiary/aromatic N) is 3. The molecular weight excluding hydrogens is 279 g/mol. The molecule has 1 heterocycles. The van der Waals surface area contributed by atoms with Gasteiger partial charge >= 0.3 is 0 Å². The van der Waals surface area contributed by atoms with Crippen LogP contribution in [-0.2, 0) is 6.54 Å². The molecule has 0 bridgehead atoms. The third-order valence-electron chi connectivity index (χ3n) is 2.13.